The van der Waals surface area contributed by atoms with Crippen LogP contribution in [0.25, 0.3) is 0 Å². The zero-order valence-electron chi connectivity index (χ0n) is 9.22. The minimum atomic E-state index is -0.710. The summed E-state index contributed by atoms with van der Waals surface area (Å²) >= 11 is 0. The van der Waals surface area contributed by atoms with Crippen LogP contribution in [0.3, 0.4) is 0 Å². The molecule has 4 heteroatoms. The largest absolute Gasteiger partial charge is 0.396 e. The number of carbonyl (C=O) groups is 1. The minimum absolute atomic E-state index is 0.0257. The number of rotatable bonds is 5. The Morgan fingerprint density at radius 2 is 2.13 bits per heavy atom. The number of carbonyl (C=O) groups excluding carboxylic acids is 1. The lowest BCUT2D eigenvalue weighted by Gasteiger charge is -2.16. The maximum absolute atomic E-state index is 13.2. The highest BCUT2D eigenvalue weighted by Crippen LogP contribution is 2.34. The van der Waals surface area contributed by atoms with Crippen LogP contribution >= 0.6 is 0 Å². The lowest BCUT2D eigenvalue weighted by atomic mass is 10.1. The molecule has 15 heavy (non-hydrogen) atoms. The van der Waals surface area contributed by atoms with Crippen molar-refractivity contribution in [3.63, 3.8) is 0 Å². The smallest absolute Gasteiger partial charge is 0.280 e. The van der Waals surface area contributed by atoms with Gasteiger partial charge in [0.1, 0.15) is 0 Å². The lowest BCUT2D eigenvalue weighted by molar-refractivity contribution is -0.119. The van der Waals surface area contributed by atoms with Crippen LogP contribution in [0.4, 0.5) is 4.39 Å². The fraction of sp³-hybridized carbons (Fsp3) is 0.727. The number of allylic oxidation sites excluding steroid dienone is 1. The number of hydrogen-bond donors (Lipinski definition) is 2. The van der Waals surface area contributed by atoms with E-state index in [0.717, 1.165) is 12.8 Å². The number of aliphatic hydroxyl groups is 1. The van der Waals surface area contributed by atoms with E-state index in [0.29, 0.717) is 17.9 Å². The maximum atomic E-state index is 13.2. The highest BCUT2D eigenvalue weighted by atomic mass is 19.1. The second-order valence-corrected chi connectivity index (χ2v) is 4.24. The summed E-state index contributed by atoms with van der Waals surface area (Å²) in [5.74, 6) is -0.940. The topological polar surface area (TPSA) is 49.3 Å². The third-order valence-corrected chi connectivity index (χ3v) is 2.59. The second-order valence-electron chi connectivity index (χ2n) is 4.24. The Balaban J connectivity index is 2.50. The van der Waals surface area contributed by atoms with E-state index >= 15 is 0 Å². The number of hydrogen-bond acceptors (Lipinski definition) is 2. The molecule has 0 aromatic rings. The first kappa shape index (κ1) is 12.2. The molecular formula is C11H18FNO2. The van der Waals surface area contributed by atoms with Crippen LogP contribution in [0.15, 0.2) is 11.4 Å². The predicted molar refractivity (Wildman–Crippen MR) is 55.8 cm³/mol. The van der Waals surface area contributed by atoms with E-state index in [9.17, 15) is 9.18 Å². The van der Waals surface area contributed by atoms with Crippen LogP contribution < -0.4 is 5.32 Å². The molecule has 1 fully saturated rings. The standard InChI is InChI=1S/C11H18FNO2/c1-7(2)10(12)11(15)13-9(5-6-14)8-3-4-8/h8-9,14H,3-6H2,1-2H3,(H,13,15). The average Bonchev–Trinajstić information content (AvgIpc) is 2.98. The Bertz CT molecular complexity index is 268. The first-order chi connectivity index (χ1) is 7.06. The average molecular weight is 215 g/mol. The van der Waals surface area contributed by atoms with Gasteiger partial charge < -0.3 is 10.4 Å². The summed E-state index contributed by atoms with van der Waals surface area (Å²) in [5.41, 5.74) is 0.381. The van der Waals surface area contributed by atoms with Crippen molar-refractivity contribution in [3.8, 4) is 0 Å². The SMILES string of the molecule is CC(C)=C(F)C(=O)NC(CCO)C1CC1. The van der Waals surface area contributed by atoms with E-state index in [1.54, 1.807) is 13.8 Å². The molecule has 86 valence electrons. The van der Waals surface area contributed by atoms with Gasteiger partial charge in [0.15, 0.2) is 5.83 Å². The van der Waals surface area contributed by atoms with Crippen molar-refractivity contribution in [2.24, 2.45) is 5.92 Å². The molecule has 3 nitrogen and oxygen atoms in total. The van der Waals surface area contributed by atoms with Crippen LogP contribution in [0.5, 0.6) is 0 Å². The van der Waals surface area contributed by atoms with Crippen LogP contribution in [0.2, 0.25) is 0 Å². The van der Waals surface area contributed by atoms with Gasteiger partial charge in [0.25, 0.3) is 5.91 Å². The van der Waals surface area contributed by atoms with Gasteiger partial charge in [-0.05, 0) is 44.6 Å². The molecule has 0 aliphatic heterocycles. The molecule has 0 saturated heterocycles. The molecule has 0 spiro atoms. The van der Waals surface area contributed by atoms with Crippen LogP contribution in [-0.2, 0) is 4.79 Å². The third kappa shape index (κ3) is 3.63. The molecule has 2 N–H and O–H groups in total. The highest BCUT2D eigenvalue weighted by molar-refractivity contribution is 5.92. The molecule has 0 bridgehead atoms. The van der Waals surface area contributed by atoms with Crippen molar-refractivity contribution in [3.05, 3.63) is 11.4 Å². The number of nitrogens with one attached hydrogen (secondary N) is 1. The molecule has 1 aliphatic rings. The number of aliphatic hydroxyl groups excluding tert-OH is 1. The summed E-state index contributed by atoms with van der Waals surface area (Å²) in [4.78, 5) is 11.4. The molecular weight excluding hydrogens is 197 g/mol. The Hall–Kier alpha value is -0.900. The van der Waals surface area contributed by atoms with Gasteiger partial charge in [-0.2, -0.15) is 0 Å². The zero-order valence-corrected chi connectivity index (χ0v) is 9.22. The van der Waals surface area contributed by atoms with Gasteiger partial charge in [-0.3, -0.25) is 4.79 Å². The number of amides is 1. The molecule has 0 aromatic heterocycles. The summed E-state index contributed by atoms with van der Waals surface area (Å²) in [6.07, 6.45) is 2.62. The maximum Gasteiger partial charge on any atom is 0.280 e. The quantitative estimate of drug-likeness (QED) is 0.683. The van der Waals surface area contributed by atoms with Crippen LogP contribution in [0.1, 0.15) is 33.1 Å². The Labute approximate surface area is 89.4 Å². The first-order valence-corrected chi connectivity index (χ1v) is 5.31. The van der Waals surface area contributed by atoms with E-state index < -0.39 is 11.7 Å². The van der Waals surface area contributed by atoms with E-state index in [4.69, 9.17) is 5.11 Å². The Morgan fingerprint density at radius 3 is 2.53 bits per heavy atom. The van der Waals surface area contributed by atoms with Gasteiger partial charge in [-0.15, -0.1) is 0 Å². The van der Waals surface area contributed by atoms with E-state index in [1.807, 2.05) is 0 Å². The van der Waals surface area contributed by atoms with E-state index in [1.165, 1.54) is 0 Å². The molecule has 1 atom stereocenters. The van der Waals surface area contributed by atoms with Crippen molar-refractivity contribution < 1.29 is 14.3 Å². The fourth-order valence-electron chi connectivity index (χ4n) is 1.52. The van der Waals surface area contributed by atoms with Crippen molar-refractivity contribution in [2.45, 2.75) is 39.2 Å². The molecule has 1 aliphatic carbocycles. The first-order valence-electron chi connectivity index (χ1n) is 5.31. The minimum Gasteiger partial charge on any atom is -0.396 e. The summed E-state index contributed by atoms with van der Waals surface area (Å²) < 4.78 is 13.2. The summed E-state index contributed by atoms with van der Waals surface area (Å²) in [6.45, 7) is 3.15. The zero-order chi connectivity index (χ0) is 11.4. The number of halogens is 1. The van der Waals surface area contributed by atoms with Crippen molar-refractivity contribution in [1.82, 2.24) is 5.32 Å². The van der Waals surface area contributed by atoms with Gasteiger partial charge in [0.05, 0.1) is 0 Å². The molecule has 0 radical (unpaired) electrons. The van der Waals surface area contributed by atoms with Crippen molar-refractivity contribution in [2.75, 3.05) is 6.61 Å². The summed E-state index contributed by atoms with van der Waals surface area (Å²) in [5, 5.41) is 11.4. The normalized spacial score (nSPS) is 17.1. The van der Waals surface area contributed by atoms with Crippen LogP contribution in [0, 0.1) is 5.92 Å². The molecule has 1 rings (SSSR count). The Kier molecular flexibility index (Phi) is 4.27. The molecule has 1 unspecified atom stereocenters. The third-order valence-electron chi connectivity index (χ3n) is 2.59. The molecule has 1 amide bonds. The summed E-state index contributed by atoms with van der Waals surface area (Å²) in [7, 11) is 0. The monoisotopic (exact) mass is 215 g/mol. The Morgan fingerprint density at radius 1 is 1.53 bits per heavy atom. The molecule has 1 saturated carbocycles. The fourth-order valence-corrected chi connectivity index (χ4v) is 1.52. The van der Waals surface area contributed by atoms with Crippen molar-refractivity contribution in [1.29, 1.82) is 0 Å². The van der Waals surface area contributed by atoms with Gasteiger partial charge in [0.2, 0.25) is 0 Å². The second kappa shape index (κ2) is 5.26. The lowest BCUT2D eigenvalue weighted by Crippen LogP contribution is -2.37. The van der Waals surface area contributed by atoms with Gasteiger partial charge >= 0.3 is 0 Å². The summed E-state index contributed by atoms with van der Waals surface area (Å²) in [6, 6.07) is -0.0763. The molecule has 0 heterocycles. The predicted octanol–water partition coefficient (Wildman–Crippen LogP) is 1.53. The van der Waals surface area contributed by atoms with Gasteiger partial charge in [-0.25, -0.2) is 4.39 Å². The highest BCUT2D eigenvalue weighted by Gasteiger charge is 2.32. The van der Waals surface area contributed by atoms with Crippen molar-refractivity contribution >= 4 is 5.91 Å². The van der Waals surface area contributed by atoms with Gasteiger partial charge in [-0.1, -0.05) is 0 Å². The molecule has 0 aromatic carbocycles. The van der Waals surface area contributed by atoms with Gasteiger partial charge in [0, 0.05) is 12.6 Å². The van der Waals surface area contributed by atoms with E-state index in [2.05, 4.69) is 5.32 Å². The van der Waals surface area contributed by atoms with Crippen LogP contribution in [-0.4, -0.2) is 23.7 Å². The van der Waals surface area contributed by atoms with E-state index in [-0.39, 0.29) is 12.6 Å².